The standard InChI is InChI=1S/C67H63N5.Ir/c1-66(2,3)46-71-40-38-69-64(71)55-27-23-48(24-28-55)19-21-50-42-51(22-20-49-25-29-56(30-26-49)65-70-39-41-72(65)47-67(4,5)6)44-58(43-50)59-16-10-11-17-60(59)61-36-35-57(63-18-12-13-37-68-63)45-62(61)54-33-31-53(32-34-54)52-14-8-7-9-15-52;/h7-18,23-27,29,31-34,36-45,64H,19-22,46-47H2,1-6H3;/q-4;. The molecule has 6 heteroatoms. The third kappa shape index (κ3) is 12.6. The second kappa shape index (κ2) is 22.3. The number of aromatic nitrogens is 3. The van der Waals surface area contributed by atoms with Gasteiger partial charge in [-0.05, 0) is 86.7 Å². The van der Waals surface area contributed by atoms with Crippen LogP contribution in [0.1, 0.15) is 75.5 Å². The number of pyridine rings is 1. The Morgan fingerprint density at radius 1 is 0.493 bits per heavy atom. The average Bonchev–Trinajstić information content (AvgIpc) is 4.06. The maximum absolute atomic E-state index is 4.80. The minimum absolute atomic E-state index is 0. The molecule has 1 aliphatic heterocycles. The van der Waals surface area contributed by atoms with E-state index in [0.29, 0.717) is 0 Å². The summed E-state index contributed by atoms with van der Waals surface area (Å²) in [4.78, 5) is 11.8. The van der Waals surface area contributed by atoms with Crippen LogP contribution in [0.5, 0.6) is 0 Å². The van der Waals surface area contributed by atoms with E-state index < -0.39 is 0 Å². The van der Waals surface area contributed by atoms with Gasteiger partial charge in [0.2, 0.25) is 0 Å². The van der Waals surface area contributed by atoms with Gasteiger partial charge in [-0.1, -0.05) is 180 Å². The molecule has 2 aromatic heterocycles. The van der Waals surface area contributed by atoms with Gasteiger partial charge >= 0.3 is 0 Å². The Morgan fingerprint density at radius 3 is 1.78 bits per heavy atom. The zero-order valence-electron chi connectivity index (χ0n) is 42.9. The predicted octanol–water partition coefficient (Wildman–Crippen LogP) is 16.5. The number of benzene rings is 7. The fourth-order valence-corrected chi connectivity index (χ4v) is 9.90. The van der Waals surface area contributed by atoms with E-state index in [1.54, 1.807) is 0 Å². The van der Waals surface area contributed by atoms with Gasteiger partial charge in [0.15, 0.2) is 0 Å². The third-order valence-corrected chi connectivity index (χ3v) is 13.3. The van der Waals surface area contributed by atoms with Crippen molar-refractivity contribution < 1.29 is 20.1 Å². The Kier molecular flexibility index (Phi) is 15.6. The monoisotopic (exact) mass is 1130 g/mol. The summed E-state index contributed by atoms with van der Waals surface area (Å²) in [5.74, 6) is 0.962. The molecule has 10 rings (SSSR count). The summed E-state index contributed by atoms with van der Waals surface area (Å²) in [7, 11) is 0. The molecular weight excluding hydrogens is 1070 g/mol. The zero-order valence-corrected chi connectivity index (χ0v) is 45.3. The summed E-state index contributed by atoms with van der Waals surface area (Å²) < 4.78 is 2.24. The maximum Gasteiger partial charge on any atom is 0.0558 e. The quantitative estimate of drug-likeness (QED) is 0.0961. The van der Waals surface area contributed by atoms with Crippen molar-refractivity contribution in [2.75, 3.05) is 6.54 Å². The minimum atomic E-state index is -0.0269. The first-order valence-corrected chi connectivity index (χ1v) is 25.4. The van der Waals surface area contributed by atoms with E-state index in [-0.39, 0.29) is 37.1 Å². The number of imidazole rings is 1. The van der Waals surface area contributed by atoms with Crippen LogP contribution in [0.3, 0.4) is 0 Å². The first-order chi connectivity index (χ1) is 34.9. The van der Waals surface area contributed by atoms with E-state index in [1.165, 1.54) is 50.1 Å². The van der Waals surface area contributed by atoms with Gasteiger partial charge in [-0.25, -0.2) is 0 Å². The van der Waals surface area contributed by atoms with E-state index in [4.69, 9.17) is 15.3 Å². The van der Waals surface area contributed by atoms with Crippen LogP contribution < -0.4 is 0 Å². The minimum Gasteiger partial charge on any atom is -0.668 e. The molecule has 9 aromatic rings. The Hall–Kier alpha value is -7.11. The van der Waals surface area contributed by atoms with Crippen LogP contribution >= 0.6 is 0 Å². The second-order valence-corrected chi connectivity index (χ2v) is 21.7. The Labute approximate surface area is 447 Å². The van der Waals surface area contributed by atoms with Crippen molar-refractivity contribution in [2.24, 2.45) is 10.8 Å². The van der Waals surface area contributed by atoms with Crippen molar-refractivity contribution in [1.82, 2.24) is 19.4 Å². The first-order valence-electron chi connectivity index (χ1n) is 25.4. The molecule has 1 aliphatic rings. The smallest absolute Gasteiger partial charge is 0.0558 e. The molecule has 0 saturated carbocycles. The fourth-order valence-electron chi connectivity index (χ4n) is 9.90. The SMILES string of the molecule is CC(C)(C)CN1C=C[N-]C1c1[c-]cc(CCc2cc(CCc3c[c-]c(-c4nccn4CC(C)(C)C)cc3)cc(-c3ccccc3-c3c[c-]c(-c4ccccn4)cc3-c3ccc(-c4ccccc4)cc3)c2)cc1.[Ir]. The van der Waals surface area contributed by atoms with Crippen molar-refractivity contribution in [1.29, 1.82) is 0 Å². The van der Waals surface area contributed by atoms with Crippen LogP contribution in [0.25, 0.3) is 72.5 Å². The molecular formula is C67H63IrN5-4. The molecule has 0 amide bonds. The summed E-state index contributed by atoms with van der Waals surface area (Å²) in [5, 5.41) is 4.80. The van der Waals surface area contributed by atoms with Crippen molar-refractivity contribution in [3.05, 3.63) is 246 Å². The summed E-state index contributed by atoms with van der Waals surface area (Å²) in [6.45, 7) is 15.4. The van der Waals surface area contributed by atoms with Gasteiger partial charge in [0, 0.05) is 51.8 Å². The number of hydrogen-bond donors (Lipinski definition) is 0. The van der Waals surface area contributed by atoms with Crippen LogP contribution in [0.2, 0.25) is 0 Å². The molecule has 0 saturated heterocycles. The van der Waals surface area contributed by atoms with Crippen LogP contribution in [-0.2, 0) is 52.3 Å². The molecule has 1 radical (unpaired) electrons. The molecule has 0 fully saturated rings. The van der Waals surface area contributed by atoms with Gasteiger partial charge in [0.25, 0.3) is 0 Å². The molecule has 369 valence electrons. The van der Waals surface area contributed by atoms with Gasteiger partial charge < -0.3 is 19.8 Å². The van der Waals surface area contributed by atoms with Gasteiger partial charge in [0.1, 0.15) is 0 Å². The molecule has 0 N–H and O–H groups in total. The van der Waals surface area contributed by atoms with E-state index >= 15 is 0 Å². The van der Waals surface area contributed by atoms with Gasteiger partial charge in [-0.2, -0.15) is 41.6 Å². The van der Waals surface area contributed by atoms with Crippen molar-refractivity contribution in [3.8, 4) is 67.2 Å². The van der Waals surface area contributed by atoms with Crippen molar-refractivity contribution >= 4 is 0 Å². The number of aryl methyl sites for hydroxylation is 4. The van der Waals surface area contributed by atoms with Crippen LogP contribution in [0.15, 0.2) is 195 Å². The van der Waals surface area contributed by atoms with E-state index in [2.05, 4.69) is 233 Å². The summed E-state index contributed by atoms with van der Waals surface area (Å²) >= 11 is 0. The van der Waals surface area contributed by atoms with E-state index in [1.807, 2.05) is 30.7 Å². The summed E-state index contributed by atoms with van der Waals surface area (Å²) in [6.07, 6.45) is 13.4. The maximum atomic E-state index is 4.80. The molecule has 7 aromatic carbocycles. The largest absolute Gasteiger partial charge is 0.668 e. The Bertz CT molecular complexity index is 3270. The first kappa shape index (κ1) is 50.8. The normalized spacial score (nSPS) is 13.5. The van der Waals surface area contributed by atoms with E-state index in [0.717, 1.165) is 83.7 Å². The molecule has 0 spiro atoms. The van der Waals surface area contributed by atoms with Crippen LogP contribution in [0, 0.1) is 29.0 Å². The molecule has 1 atom stereocenters. The topological polar surface area (TPSA) is 48.1 Å². The fraction of sp³-hybridized carbons (Fsp3) is 0.224. The average molecular weight is 1130 g/mol. The molecule has 0 bridgehead atoms. The number of nitrogens with zero attached hydrogens (tertiary/aromatic N) is 5. The second-order valence-electron chi connectivity index (χ2n) is 21.7. The van der Waals surface area contributed by atoms with Crippen molar-refractivity contribution in [2.45, 2.75) is 79.9 Å². The summed E-state index contributed by atoms with van der Waals surface area (Å²) in [5.41, 5.74) is 18.8. The number of hydrogen-bond acceptors (Lipinski definition) is 3. The number of rotatable bonds is 15. The Morgan fingerprint density at radius 2 is 1.12 bits per heavy atom. The zero-order chi connectivity index (χ0) is 49.7. The predicted molar refractivity (Wildman–Crippen MR) is 298 cm³/mol. The van der Waals surface area contributed by atoms with Crippen molar-refractivity contribution in [3.63, 3.8) is 0 Å². The molecule has 1 unspecified atom stereocenters. The molecule has 5 nitrogen and oxygen atoms in total. The van der Waals surface area contributed by atoms with Crippen LogP contribution in [0.4, 0.5) is 0 Å². The van der Waals surface area contributed by atoms with Gasteiger partial charge in [0.05, 0.1) is 5.82 Å². The van der Waals surface area contributed by atoms with Gasteiger partial charge in [-0.3, -0.25) is 4.98 Å². The van der Waals surface area contributed by atoms with Crippen LogP contribution in [-0.4, -0.2) is 26.0 Å². The Balaban J connectivity index is 0.00000656. The van der Waals surface area contributed by atoms with E-state index in [9.17, 15) is 0 Å². The van der Waals surface area contributed by atoms with Gasteiger partial charge in [-0.15, -0.1) is 59.2 Å². The summed E-state index contributed by atoms with van der Waals surface area (Å²) in [6, 6.07) is 70.2. The molecule has 0 aliphatic carbocycles. The molecule has 73 heavy (non-hydrogen) atoms. The third-order valence-electron chi connectivity index (χ3n) is 13.3. The molecule has 3 heterocycles.